The number of piperidine rings is 1. The normalized spacial score (nSPS) is 18.3. The summed E-state index contributed by atoms with van der Waals surface area (Å²) in [4.78, 5) is 4.53. The Morgan fingerprint density at radius 3 is 2.65 bits per heavy atom. The lowest BCUT2D eigenvalue weighted by Crippen LogP contribution is -2.28. The van der Waals surface area contributed by atoms with E-state index in [4.69, 9.17) is 0 Å². The lowest BCUT2D eigenvalue weighted by atomic mass is 9.86. The molecule has 0 aliphatic carbocycles. The molecule has 1 N–H and O–H groups in total. The number of nitrogens with zero attached hydrogens (tertiary/aromatic N) is 1. The molecule has 1 aromatic rings. The van der Waals surface area contributed by atoms with Crippen LogP contribution in [0.3, 0.4) is 0 Å². The molecule has 17 heavy (non-hydrogen) atoms. The van der Waals surface area contributed by atoms with Gasteiger partial charge in [0.15, 0.2) is 0 Å². The zero-order chi connectivity index (χ0) is 12.3. The quantitative estimate of drug-likeness (QED) is 0.848. The summed E-state index contributed by atoms with van der Waals surface area (Å²) in [5.74, 6) is 0.818. The minimum absolute atomic E-state index is 0.228. The first-order valence-corrected chi connectivity index (χ1v) is 6.72. The number of hydrogen-bond donors (Lipinski definition) is 1. The molecule has 1 aromatic heterocycles. The fraction of sp³-hybridized carbons (Fsp3) is 0.667. The Bertz CT molecular complexity index is 359. The third kappa shape index (κ3) is 3.53. The summed E-state index contributed by atoms with van der Waals surface area (Å²) in [5.41, 5.74) is 2.90. The molecule has 0 aromatic carbocycles. The van der Waals surface area contributed by atoms with Gasteiger partial charge in [0.1, 0.15) is 0 Å². The van der Waals surface area contributed by atoms with E-state index in [0.717, 1.165) is 12.3 Å². The highest BCUT2D eigenvalue weighted by molar-refractivity contribution is 5.23. The second kappa shape index (κ2) is 5.18. The van der Waals surface area contributed by atoms with Gasteiger partial charge in [-0.1, -0.05) is 20.8 Å². The van der Waals surface area contributed by atoms with Crippen molar-refractivity contribution in [3.05, 3.63) is 29.6 Å². The van der Waals surface area contributed by atoms with Gasteiger partial charge in [-0.2, -0.15) is 0 Å². The van der Waals surface area contributed by atoms with Crippen molar-refractivity contribution in [1.82, 2.24) is 10.3 Å². The highest BCUT2D eigenvalue weighted by atomic mass is 14.9. The van der Waals surface area contributed by atoms with Crippen LogP contribution in [-0.2, 0) is 11.8 Å². The molecule has 0 unspecified atom stereocenters. The molecule has 1 aliphatic heterocycles. The average Bonchev–Trinajstić information content (AvgIpc) is 2.29. The van der Waals surface area contributed by atoms with Crippen LogP contribution in [0.5, 0.6) is 0 Å². The van der Waals surface area contributed by atoms with Crippen molar-refractivity contribution < 1.29 is 0 Å². The summed E-state index contributed by atoms with van der Waals surface area (Å²) in [7, 11) is 0. The molecule has 0 spiro atoms. The third-order valence-electron chi connectivity index (χ3n) is 3.64. The number of rotatable bonds is 2. The lowest BCUT2D eigenvalue weighted by molar-refractivity contribution is 0.370. The second-order valence-electron chi connectivity index (χ2n) is 6.18. The number of hydrogen-bond acceptors (Lipinski definition) is 2. The molecule has 0 saturated carbocycles. The van der Waals surface area contributed by atoms with Crippen LogP contribution in [-0.4, -0.2) is 18.1 Å². The van der Waals surface area contributed by atoms with E-state index in [1.807, 2.05) is 6.20 Å². The van der Waals surface area contributed by atoms with E-state index in [1.54, 1.807) is 0 Å². The Balaban J connectivity index is 2.05. The largest absolute Gasteiger partial charge is 0.317 e. The van der Waals surface area contributed by atoms with Crippen LogP contribution >= 0.6 is 0 Å². The standard InChI is InChI=1S/C15H24N2/c1-15(2,3)13-6-9-17-14(11-13)10-12-4-7-16-8-5-12/h6,9,11-12,16H,4-5,7-8,10H2,1-3H3. The van der Waals surface area contributed by atoms with Crippen molar-refractivity contribution in [3.63, 3.8) is 0 Å². The molecule has 94 valence electrons. The van der Waals surface area contributed by atoms with Crippen molar-refractivity contribution in [3.8, 4) is 0 Å². The first kappa shape index (κ1) is 12.6. The molecule has 0 radical (unpaired) electrons. The van der Waals surface area contributed by atoms with Gasteiger partial charge in [-0.05, 0) is 61.4 Å². The van der Waals surface area contributed by atoms with Gasteiger partial charge >= 0.3 is 0 Å². The molecule has 2 rings (SSSR count). The maximum Gasteiger partial charge on any atom is 0.0409 e. The van der Waals surface area contributed by atoms with Gasteiger partial charge in [0, 0.05) is 11.9 Å². The predicted octanol–water partition coefficient (Wildman–Crippen LogP) is 2.92. The van der Waals surface area contributed by atoms with E-state index in [1.165, 1.54) is 37.2 Å². The smallest absolute Gasteiger partial charge is 0.0409 e. The molecule has 1 saturated heterocycles. The molecule has 0 bridgehead atoms. The van der Waals surface area contributed by atoms with E-state index in [9.17, 15) is 0 Å². The van der Waals surface area contributed by atoms with Gasteiger partial charge in [0.2, 0.25) is 0 Å². The molecule has 1 aliphatic rings. The van der Waals surface area contributed by atoms with Crippen LogP contribution in [0.1, 0.15) is 44.9 Å². The van der Waals surface area contributed by atoms with Gasteiger partial charge in [-0.15, -0.1) is 0 Å². The fourth-order valence-electron chi connectivity index (χ4n) is 2.44. The van der Waals surface area contributed by atoms with Gasteiger partial charge < -0.3 is 5.32 Å². The number of pyridine rings is 1. The van der Waals surface area contributed by atoms with Crippen molar-refractivity contribution in [2.45, 2.75) is 45.4 Å². The van der Waals surface area contributed by atoms with Crippen molar-refractivity contribution in [2.75, 3.05) is 13.1 Å². The maximum atomic E-state index is 4.53. The number of aromatic nitrogens is 1. The van der Waals surface area contributed by atoms with Gasteiger partial charge in [0.05, 0.1) is 0 Å². The van der Waals surface area contributed by atoms with Gasteiger partial charge in [-0.25, -0.2) is 0 Å². The molecular weight excluding hydrogens is 208 g/mol. The summed E-state index contributed by atoms with van der Waals surface area (Å²) < 4.78 is 0. The molecule has 2 heterocycles. The van der Waals surface area contributed by atoms with Gasteiger partial charge in [0.25, 0.3) is 0 Å². The van der Waals surface area contributed by atoms with E-state index < -0.39 is 0 Å². The van der Waals surface area contributed by atoms with Crippen LogP contribution < -0.4 is 5.32 Å². The molecule has 0 amide bonds. The molecule has 2 nitrogen and oxygen atoms in total. The molecular formula is C15H24N2. The Labute approximate surface area is 105 Å². The molecule has 1 fully saturated rings. The first-order chi connectivity index (χ1) is 8.05. The Morgan fingerprint density at radius 2 is 2.00 bits per heavy atom. The minimum atomic E-state index is 0.228. The van der Waals surface area contributed by atoms with Crippen molar-refractivity contribution >= 4 is 0 Å². The van der Waals surface area contributed by atoms with Crippen LogP contribution in [0.25, 0.3) is 0 Å². The second-order valence-corrected chi connectivity index (χ2v) is 6.18. The van der Waals surface area contributed by atoms with Crippen LogP contribution in [0, 0.1) is 5.92 Å². The third-order valence-corrected chi connectivity index (χ3v) is 3.64. The van der Waals surface area contributed by atoms with Crippen LogP contribution in [0.4, 0.5) is 0 Å². The zero-order valence-corrected chi connectivity index (χ0v) is 11.3. The van der Waals surface area contributed by atoms with E-state index in [-0.39, 0.29) is 5.41 Å². The Hall–Kier alpha value is -0.890. The van der Waals surface area contributed by atoms with Crippen molar-refractivity contribution in [1.29, 1.82) is 0 Å². The number of nitrogens with one attached hydrogen (secondary N) is 1. The van der Waals surface area contributed by atoms with Crippen LogP contribution in [0.15, 0.2) is 18.3 Å². The summed E-state index contributed by atoms with van der Waals surface area (Å²) in [6.45, 7) is 9.12. The first-order valence-electron chi connectivity index (χ1n) is 6.72. The van der Waals surface area contributed by atoms with Gasteiger partial charge in [-0.3, -0.25) is 4.98 Å². The topological polar surface area (TPSA) is 24.9 Å². The van der Waals surface area contributed by atoms with E-state index in [2.05, 4.69) is 43.2 Å². The van der Waals surface area contributed by atoms with E-state index in [0.29, 0.717) is 0 Å². The summed E-state index contributed by atoms with van der Waals surface area (Å²) >= 11 is 0. The van der Waals surface area contributed by atoms with E-state index >= 15 is 0 Å². The average molecular weight is 232 g/mol. The Morgan fingerprint density at radius 1 is 1.29 bits per heavy atom. The highest BCUT2D eigenvalue weighted by Gasteiger charge is 2.17. The minimum Gasteiger partial charge on any atom is -0.317 e. The van der Waals surface area contributed by atoms with Crippen molar-refractivity contribution in [2.24, 2.45) is 5.92 Å². The monoisotopic (exact) mass is 232 g/mol. The summed E-state index contributed by atoms with van der Waals surface area (Å²) in [5, 5.41) is 3.42. The highest BCUT2D eigenvalue weighted by Crippen LogP contribution is 2.24. The summed E-state index contributed by atoms with van der Waals surface area (Å²) in [6, 6.07) is 4.44. The molecule has 2 heteroatoms. The SMILES string of the molecule is CC(C)(C)c1ccnc(CC2CCNCC2)c1. The zero-order valence-electron chi connectivity index (χ0n) is 11.3. The molecule has 0 atom stereocenters. The summed E-state index contributed by atoms with van der Waals surface area (Å²) in [6.07, 6.45) is 5.70. The fourth-order valence-corrected chi connectivity index (χ4v) is 2.44. The maximum absolute atomic E-state index is 4.53. The predicted molar refractivity (Wildman–Crippen MR) is 72.2 cm³/mol. The lowest BCUT2D eigenvalue weighted by Gasteiger charge is -2.23. The Kier molecular flexibility index (Phi) is 3.82. The van der Waals surface area contributed by atoms with Crippen LogP contribution in [0.2, 0.25) is 0 Å².